The summed E-state index contributed by atoms with van der Waals surface area (Å²) in [6.07, 6.45) is 0.670. The lowest BCUT2D eigenvalue weighted by molar-refractivity contribution is 0.622. The molecule has 80 valence electrons. The normalized spacial score (nSPS) is 11.0. The van der Waals surface area contributed by atoms with Gasteiger partial charge in [0.2, 0.25) is 0 Å². The summed E-state index contributed by atoms with van der Waals surface area (Å²) in [5.74, 6) is 0. The maximum absolute atomic E-state index is 11.7. The molecule has 7 heteroatoms. The van der Waals surface area contributed by atoms with Crippen molar-refractivity contribution in [2.75, 3.05) is 0 Å². The Labute approximate surface area is 82.8 Å². The SMILES string of the molecule is CCCn1c(=O)[nH]c2[nH]c(=O)[nH]c2c1=O. The topological polar surface area (TPSA) is 104 Å². The number of H-pyrrole nitrogens is 3. The molecule has 0 aliphatic heterocycles. The smallest absolute Gasteiger partial charge is 0.300 e. The highest BCUT2D eigenvalue weighted by Gasteiger charge is 2.08. The number of hydrogen-bond acceptors (Lipinski definition) is 3. The highest BCUT2D eigenvalue weighted by atomic mass is 16.2. The van der Waals surface area contributed by atoms with Crippen molar-refractivity contribution in [2.45, 2.75) is 19.9 Å². The van der Waals surface area contributed by atoms with Gasteiger partial charge in [0.1, 0.15) is 5.65 Å². The highest BCUT2D eigenvalue weighted by Crippen LogP contribution is 1.92. The molecule has 0 aliphatic carbocycles. The predicted molar refractivity (Wildman–Crippen MR) is 54.1 cm³/mol. The second kappa shape index (κ2) is 3.26. The molecule has 2 aromatic heterocycles. The van der Waals surface area contributed by atoms with E-state index in [0.29, 0.717) is 13.0 Å². The predicted octanol–water partition coefficient (Wildman–Crippen LogP) is -0.884. The average molecular weight is 210 g/mol. The summed E-state index contributed by atoms with van der Waals surface area (Å²) in [7, 11) is 0. The van der Waals surface area contributed by atoms with E-state index in [4.69, 9.17) is 0 Å². The zero-order valence-electron chi connectivity index (χ0n) is 8.09. The van der Waals surface area contributed by atoms with Crippen LogP contribution in [0.15, 0.2) is 14.4 Å². The van der Waals surface area contributed by atoms with Crippen LogP contribution in [0, 0.1) is 0 Å². The lowest BCUT2D eigenvalue weighted by atomic mass is 10.4. The van der Waals surface area contributed by atoms with Crippen molar-refractivity contribution in [1.29, 1.82) is 0 Å². The fourth-order valence-electron chi connectivity index (χ4n) is 1.47. The molecule has 0 saturated carbocycles. The number of imidazole rings is 1. The Bertz CT molecular complexity index is 657. The van der Waals surface area contributed by atoms with Crippen molar-refractivity contribution in [3.8, 4) is 0 Å². The van der Waals surface area contributed by atoms with E-state index in [0.717, 1.165) is 4.57 Å². The first kappa shape index (κ1) is 9.50. The molecule has 15 heavy (non-hydrogen) atoms. The van der Waals surface area contributed by atoms with Gasteiger partial charge in [-0.15, -0.1) is 0 Å². The van der Waals surface area contributed by atoms with Crippen molar-refractivity contribution >= 4 is 11.2 Å². The van der Waals surface area contributed by atoms with Crippen LogP contribution in [0.25, 0.3) is 11.2 Å². The van der Waals surface area contributed by atoms with Crippen LogP contribution in [0.5, 0.6) is 0 Å². The lowest BCUT2D eigenvalue weighted by Gasteiger charge is -2.00. The number of hydrogen-bond donors (Lipinski definition) is 3. The number of nitrogens with zero attached hydrogens (tertiary/aromatic N) is 1. The van der Waals surface area contributed by atoms with Gasteiger partial charge in [0.05, 0.1) is 0 Å². The van der Waals surface area contributed by atoms with E-state index in [1.807, 2.05) is 6.92 Å². The van der Waals surface area contributed by atoms with Crippen LogP contribution in [-0.4, -0.2) is 19.5 Å². The van der Waals surface area contributed by atoms with Gasteiger partial charge >= 0.3 is 11.4 Å². The van der Waals surface area contributed by atoms with Gasteiger partial charge < -0.3 is 0 Å². The maximum Gasteiger partial charge on any atom is 0.330 e. The van der Waals surface area contributed by atoms with E-state index in [9.17, 15) is 14.4 Å². The summed E-state index contributed by atoms with van der Waals surface area (Å²) < 4.78 is 1.06. The third-order valence-corrected chi connectivity index (χ3v) is 2.11. The number of aromatic amines is 3. The van der Waals surface area contributed by atoms with Gasteiger partial charge in [0.25, 0.3) is 5.56 Å². The third-order valence-electron chi connectivity index (χ3n) is 2.11. The molecular weight excluding hydrogens is 200 g/mol. The molecule has 0 radical (unpaired) electrons. The molecular formula is C8H10N4O3. The van der Waals surface area contributed by atoms with Gasteiger partial charge in [-0.25, -0.2) is 9.59 Å². The standard InChI is InChI=1S/C8H10N4O3/c1-2-3-12-6(13)4-5(11-8(12)15)10-7(14)9-4/h2-3H2,1H3,(H,11,15)(H2,9,10,14). The molecule has 2 rings (SSSR count). The van der Waals surface area contributed by atoms with Crippen LogP contribution in [-0.2, 0) is 6.54 Å². The Morgan fingerprint density at radius 1 is 1.13 bits per heavy atom. The first-order valence-corrected chi connectivity index (χ1v) is 4.58. The molecule has 0 spiro atoms. The van der Waals surface area contributed by atoms with E-state index >= 15 is 0 Å². The first-order valence-electron chi connectivity index (χ1n) is 4.58. The van der Waals surface area contributed by atoms with Crippen LogP contribution in [0.3, 0.4) is 0 Å². The third kappa shape index (κ3) is 1.41. The van der Waals surface area contributed by atoms with Crippen LogP contribution in [0.4, 0.5) is 0 Å². The van der Waals surface area contributed by atoms with E-state index in [1.165, 1.54) is 0 Å². The molecule has 0 aromatic carbocycles. The Morgan fingerprint density at radius 3 is 2.53 bits per heavy atom. The second-order valence-electron chi connectivity index (χ2n) is 3.22. The number of nitrogens with one attached hydrogen (secondary N) is 3. The Balaban J connectivity index is 2.89. The van der Waals surface area contributed by atoms with Crippen molar-refractivity contribution < 1.29 is 0 Å². The largest absolute Gasteiger partial charge is 0.330 e. The Kier molecular flexibility index (Phi) is 2.07. The molecule has 0 unspecified atom stereocenters. The molecule has 0 atom stereocenters. The summed E-state index contributed by atoms with van der Waals surface area (Å²) in [6.45, 7) is 2.19. The first-order chi connectivity index (χ1) is 7.13. The molecule has 7 nitrogen and oxygen atoms in total. The van der Waals surface area contributed by atoms with Gasteiger partial charge in [0, 0.05) is 6.54 Å². The van der Waals surface area contributed by atoms with Gasteiger partial charge in [-0.2, -0.15) is 0 Å². The van der Waals surface area contributed by atoms with E-state index < -0.39 is 16.9 Å². The number of rotatable bonds is 2. The molecule has 0 fully saturated rings. The van der Waals surface area contributed by atoms with Crippen LogP contribution >= 0.6 is 0 Å². The van der Waals surface area contributed by atoms with Crippen molar-refractivity contribution in [2.24, 2.45) is 0 Å². The molecule has 3 N–H and O–H groups in total. The van der Waals surface area contributed by atoms with Crippen molar-refractivity contribution in [3.63, 3.8) is 0 Å². The van der Waals surface area contributed by atoms with Crippen LogP contribution < -0.4 is 16.9 Å². The number of aromatic nitrogens is 4. The highest BCUT2D eigenvalue weighted by molar-refractivity contribution is 5.67. The lowest BCUT2D eigenvalue weighted by Crippen LogP contribution is -2.34. The van der Waals surface area contributed by atoms with E-state index in [2.05, 4.69) is 15.0 Å². The molecule has 0 aliphatic rings. The summed E-state index contributed by atoms with van der Waals surface area (Å²) in [6, 6.07) is 0. The minimum atomic E-state index is -0.510. The Hall–Kier alpha value is -2.05. The molecule has 2 aromatic rings. The summed E-state index contributed by atoms with van der Waals surface area (Å²) in [5.41, 5.74) is -1.25. The average Bonchev–Trinajstić information content (AvgIpc) is 2.53. The summed E-state index contributed by atoms with van der Waals surface area (Å²) >= 11 is 0. The van der Waals surface area contributed by atoms with Gasteiger partial charge in [-0.1, -0.05) is 6.92 Å². The zero-order chi connectivity index (χ0) is 11.0. The van der Waals surface area contributed by atoms with Crippen LogP contribution in [0.1, 0.15) is 13.3 Å². The maximum atomic E-state index is 11.7. The quantitative estimate of drug-likeness (QED) is 0.599. The van der Waals surface area contributed by atoms with Crippen LogP contribution in [0.2, 0.25) is 0 Å². The fraction of sp³-hybridized carbons (Fsp3) is 0.375. The summed E-state index contributed by atoms with van der Waals surface area (Å²) in [5, 5.41) is 0. The monoisotopic (exact) mass is 210 g/mol. The van der Waals surface area contributed by atoms with E-state index in [-0.39, 0.29) is 11.2 Å². The van der Waals surface area contributed by atoms with Crippen molar-refractivity contribution in [1.82, 2.24) is 19.5 Å². The molecule has 0 saturated heterocycles. The number of fused-ring (bicyclic) bond motifs is 1. The fourth-order valence-corrected chi connectivity index (χ4v) is 1.47. The van der Waals surface area contributed by atoms with E-state index in [1.54, 1.807) is 0 Å². The molecule has 0 amide bonds. The van der Waals surface area contributed by atoms with Crippen molar-refractivity contribution in [3.05, 3.63) is 31.3 Å². The zero-order valence-corrected chi connectivity index (χ0v) is 8.09. The minimum absolute atomic E-state index is 0.105. The van der Waals surface area contributed by atoms with Gasteiger partial charge in [-0.3, -0.25) is 24.3 Å². The summed E-state index contributed by atoms with van der Waals surface area (Å²) in [4.78, 5) is 41.2. The Morgan fingerprint density at radius 2 is 1.87 bits per heavy atom. The second-order valence-corrected chi connectivity index (χ2v) is 3.22. The minimum Gasteiger partial charge on any atom is -0.300 e. The van der Waals surface area contributed by atoms with Gasteiger partial charge in [0.15, 0.2) is 5.52 Å². The molecule has 0 bridgehead atoms. The molecule has 2 heterocycles. The van der Waals surface area contributed by atoms with Gasteiger partial charge in [-0.05, 0) is 6.42 Å².